The zero-order valence-electron chi connectivity index (χ0n) is 12.4. The lowest BCUT2D eigenvalue weighted by atomic mass is 9.89. The molecular formula is C15H14ClN5O2. The monoisotopic (exact) mass is 331 g/mol. The van der Waals surface area contributed by atoms with Gasteiger partial charge >= 0.3 is 0 Å². The molecule has 0 aliphatic carbocycles. The summed E-state index contributed by atoms with van der Waals surface area (Å²) >= 11 is 6.15. The lowest BCUT2D eigenvalue weighted by molar-refractivity contribution is -0.111. The SMILES string of the molecule is CC1(Cn2cc(-c3nc(-c4ccccc4Cl)no3)nn2)COC1. The number of hydrogen-bond donors (Lipinski definition) is 0. The molecule has 1 aliphatic heterocycles. The van der Waals surface area contributed by atoms with Gasteiger partial charge in [0.1, 0.15) is 0 Å². The molecule has 0 unspecified atom stereocenters. The van der Waals surface area contributed by atoms with E-state index in [2.05, 4.69) is 27.4 Å². The first-order chi connectivity index (χ1) is 11.1. The Morgan fingerprint density at radius 2 is 2.13 bits per heavy atom. The Hall–Kier alpha value is -2.25. The van der Waals surface area contributed by atoms with Gasteiger partial charge in [0.25, 0.3) is 5.89 Å². The van der Waals surface area contributed by atoms with Crippen LogP contribution in [0, 0.1) is 5.41 Å². The van der Waals surface area contributed by atoms with Gasteiger partial charge in [0.05, 0.1) is 31.0 Å². The van der Waals surface area contributed by atoms with E-state index in [1.54, 1.807) is 16.9 Å². The molecular weight excluding hydrogens is 318 g/mol. The first-order valence-electron chi connectivity index (χ1n) is 7.20. The average Bonchev–Trinajstić information content (AvgIpc) is 3.15. The van der Waals surface area contributed by atoms with Crippen molar-refractivity contribution < 1.29 is 9.26 Å². The van der Waals surface area contributed by atoms with E-state index in [0.29, 0.717) is 22.4 Å². The Balaban J connectivity index is 1.57. The summed E-state index contributed by atoms with van der Waals surface area (Å²) in [5.41, 5.74) is 1.37. The van der Waals surface area contributed by atoms with Gasteiger partial charge in [0.2, 0.25) is 5.82 Å². The van der Waals surface area contributed by atoms with Crippen LogP contribution in [0.2, 0.25) is 5.02 Å². The van der Waals surface area contributed by atoms with Crippen molar-refractivity contribution in [2.45, 2.75) is 13.5 Å². The number of rotatable bonds is 4. The van der Waals surface area contributed by atoms with Gasteiger partial charge in [-0.3, -0.25) is 4.68 Å². The first kappa shape index (κ1) is 14.3. The Kier molecular flexibility index (Phi) is 3.39. The van der Waals surface area contributed by atoms with E-state index in [9.17, 15) is 0 Å². The molecule has 0 N–H and O–H groups in total. The van der Waals surface area contributed by atoms with Crippen LogP contribution in [0.25, 0.3) is 23.0 Å². The predicted molar refractivity (Wildman–Crippen MR) is 82.7 cm³/mol. The maximum atomic E-state index is 6.15. The number of benzene rings is 1. The molecule has 0 saturated carbocycles. The molecule has 4 rings (SSSR count). The summed E-state index contributed by atoms with van der Waals surface area (Å²) in [6.07, 6.45) is 1.80. The topological polar surface area (TPSA) is 78.9 Å². The highest BCUT2D eigenvalue weighted by Crippen LogP contribution is 2.29. The summed E-state index contributed by atoms with van der Waals surface area (Å²) in [5, 5.41) is 12.8. The quantitative estimate of drug-likeness (QED) is 0.731. The Bertz CT molecular complexity index is 840. The largest absolute Gasteiger partial charge is 0.380 e. The summed E-state index contributed by atoms with van der Waals surface area (Å²) in [4.78, 5) is 4.35. The Morgan fingerprint density at radius 1 is 1.30 bits per heavy atom. The number of nitrogens with zero attached hydrogens (tertiary/aromatic N) is 5. The van der Waals surface area contributed by atoms with E-state index in [0.717, 1.165) is 25.3 Å². The van der Waals surface area contributed by atoms with Crippen LogP contribution in [0.4, 0.5) is 0 Å². The fraction of sp³-hybridized carbons (Fsp3) is 0.333. The third kappa shape index (κ3) is 2.73. The number of hydrogen-bond acceptors (Lipinski definition) is 6. The van der Waals surface area contributed by atoms with E-state index in [4.69, 9.17) is 20.9 Å². The standard InChI is InChI=1S/C15H14ClN5O2/c1-15(8-22-9-15)7-21-6-12(18-20-21)14-17-13(19-23-14)10-4-2-3-5-11(10)16/h2-6H,7-9H2,1H3. The van der Waals surface area contributed by atoms with E-state index in [1.807, 2.05) is 18.2 Å². The maximum absolute atomic E-state index is 6.15. The normalized spacial score (nSPS) is 16.3. The predicted octanol–water partition coefficient (Wildman–Crippen LogP) is 2.69. The van der Waals surface area contributed by atoms with Crippen LogP contribution in [0.1, 0.15) is 6.92 Å². The summed E-state index contributed by atoms with van der Waals surface area (Å²) in [6, 6.07) is 7.34. The van der Waals surface area contributed by atoms with E-state index in [1.165, 1.54) is 0 Å². The number of ether oxygens (including phenoxy) is 1. The molecule has 1 saturated heterocycles. The summed E-state index contributed by atoms with van der Waals surface area (Å²) < 4.78 is 12.3. The zero-order chi connectivity index (χ0) is 15.9. The second-order valence-electron chi connectivity index (χ2n) is 6.01. The van der Waals surface area contributed by atoms with Crippen molar-refractivity contribution in [2.24, 2.45) is 5.41 Å². The van der Waals surface area contributed by atoms with E-state index in [-0.39, 0.29) is 5.41 Å². The molecule has 0 atom stereocenters. The molecule has 8 heteroatoms. The molecule has 0 bridgehead atoms. The lowest BCUT2D eigenvalue weighted by Gasteiger charge is -2.37. The fourth-order valence-corrected chi connectivity index (χ4v) is 2.71. The highest BCUT2D eigenvalue weighted by Gasteiger charge is 2.34. The molecule has 3 aromatic rings. The van der Waals surface area contributed by atoms with Crippen molar-refractivity contribution >= 4 is 11.6 Å². The van der Waals surface area contributed by atoms with Crippen LogP contribution in [0.3, 0.4) is 0 Å². The van der Waals surface area contributed by atoms with Crippen molar-refractivity contribution in [2.75, 3.05) is 13.2 Å². The smallest absolute Gasteiger partial charge is 0.280 e. The van der Waals surface area contributed by atoms with Crippen LogP contribution < -0.4 is 0 Å². The van der Waals surface area contributed by atoms with Crippen molar-refractivity contribution in [3.63, 3.8) is 0 Å². The highest BCUT2D eigenvalue weighted by atomic mass is 35.5. The zero-order valence-corrected chi connectivity index (χ0v) is 13.2. The van der Waals surface area contributed by atoms with Crippen LogP contribution in [0.15, 0.2) is 35.0 Å². The fourth-order valence-electron chi connectivity index (χ4n) is 2.49. The van der Waals surface area contributed by atoms with Crippen molar-refractivity contribution in [3.05, 3.63) is 35.5 Å². The molecule has 0 spiro atoms. The summed E-state index contributed by atoms with van der Waals surface area (Å²) in [5.74, 6) is 0.751. The minimum atomic E-state index is 0.114. The van der Waals surface area contributed by atoms with Gasteiger partial charge in [0.15, 0.2) is 5.69 Å². The summed E-state index contributed by atoms with van der Waals surface area (Å²) in [7, 11) is 0. The molecule has 0 radical (unpaired) electrons. The molecule has 118 valence electrons. The summed E-state index contributed by atoms with van der Waals surface area (Å²) in [6.45, 7) is 4.37. The lowest BCUT2D eigenvalue weighted by Crippen LogP contribution is -2.43. The third-order valence-electron chi connectivity index (χ3n) is 3.74. The minimum Gasteiger partial charge on any atom is -0.380 e. The van der Waals surface area contributed by atoms with Gasteiger partial charge in [0, 0.05) is 11.0 Å². The van der Waals surface area contributed by atoms with Crippen molar-refractivity contribution in [1.82, 2.24) is 25.1 Å². The molecule has 23 heavy (non-hydrogen) atoms. The maximum Gasteiger partial charge on any atom is 0.280 e. The number of aromatic nitrogens is 5. The van der Waals surface area contributed by atoms with Gasteiger partial charge in [-0.05, 0) is 12.1 Å². The molecule has 1 fully saturated rings. The van der Waals surface area contributed by atoms with Crippen LogP contribution in [-0.4, -0.2) is 38.3 Å². The van der Waals surface area contributed by atoms with Crippen molar-refractivity contribution in [1.29, 1.82) is 0 Å². The van der Waals surface area contributed by atoms with Crippen molar-refractivity contribution in [3.8, 4) is 23.0 Å². The third-order valence-corrected chi connectivity index (χ3v) is 4.07. The molecule has 2 aromatic heterocycles. The van der Waals surface area contributed by atoms with E-state index < -0.39 is 0 Å². The molecule has 1 aromatic carbocycles. The Labute approximate surface area is 137 Å². The molecule has 1 aliphatic rings. The van der Waals surface area contributed by atoms with Crippen LogP contribution in [-0.2, 0) is 11.3 Å². The van der Waals surface area contributed by atoms with E-state index >= 15 is 0 Å². The molecule has 7 nitrogen and oxygen atoms in total. The van der Waals surface area contributed by atoms with Gasteiger partial charge in [-0.25, -0.2) is 0 Å². The van der Waals surface area contributed by atoms with Gasteiger partial charge in [-0.15, -0.1) is 5.10 Å². The molecule has 0 amide bonds. The second-order valence-corrected chi connectivity index (χ2v) is 6.42. The van der Waals surface area contributed by atoms with Crippen LogP contribution >= 0.6 is 11.6 Å². The average molecular weight is 332 g/mol. The second kappa shape index (κ2) is 5.43. The van der Waals surface area contributed by atoms with Gasteiger partial charge in [-0.1, -0.05) is 41.0 Å². The first-order valence-corrected chi connectivity index (χ1v) is 7.58. The highest BCUT2D eigenvalue weighted by molar-refractivity contribution is 6.33. The van der Waals surface area contributed by atoms with Gasteiger partial charge < -0.3 is 9.26 Å². The van der Waals surface area contributed by atoms with Gasteiger partial charge in [-0.2, -0.15) is 4.98 Å². The number of halogens is 1. The minimum absolute atomic E-state index is 0.114. The molecule has 3 heterocycles. The van der Waals surface area contributed by atoms with Crippen LogP contribution in [0.5, 0.6) is 0 Å². The Morgan fingerprint density at radius 3 is 2.87 bits per heavy atom.